The van der Waals surface area contributed by atoms with Crippen LogP contribution >= 0.6 is 0 Å². The molecule has 1 saturated heterocycles. The SMILES string of the molecule is Cc1cc(S(=O)(=O)N2CCOC(C)C2)cc(N)c1C. The molecule has 1 heterocycles. The number of hydrogen-bond acceptors (Lipinski definition) is 4. The predicted octanol–water partition coefficient (Wildman–Crippen LogP) is 1.30. The standard InChI is InChI=1S/C13H20N2O3S/c1-9-6-12(7-13(14)11(9)3)19(16,17)15-4-5-18-10(2)8-15/h6-7,10H,4-5,8,14H2,1-3H3. The van der Waals surface area contributed by atoms with Crippen LogP contribution in [0.2, 0.25) is 0 Å². The molecule has 1 fully saturated rings. The van der Waals surface area contributed by atoms with Gasteiger partial charge >= 0.3 is 0 Å². The zero-order valence-corrected chi connectivity index (χ0v) is 12.3. The largest absolute Gasteiger partial charge is 0.398 e. The number of nitrogens with two attached hydrogens (primary N) is 1. The number of rotatable bonds is 2. The first kappa shape index (κ1) is 14.3. The minimum Gasteiger partial charge on any atom is -0.398 e. The summed E-state index contributed by atoms with van der Waals surface area (Å²) in [7, 11) is -3.48. The van der Waals surface area contributed by atoms with Crippen LogP contribution in [0.3, 0.4) is 0 Å². The van der Waals surface area contributed by atoms with E-state index >= 15 is 0 Å². The van der Waals surface area contributed by atoms with E-state index < -0.39 is 10.0 Å². The second-order valence-corrected chi connectivity index (χ2v) is 6.94. The number of ether oxygens (including phenoxy) is 1. The van der Waals surface area contributed by atoms with Crippen LogP contribution in [0.1, 0.15) is 18.1 Å². The van der Waals surface area contributed by atoms with Crippen molar-refractivity contribution < 1.29 is 13.2 Å². The number of benzene rings is 1. The van der Waals surface area contributed by atoms with E-state index in [0.717, 1.165) is 11.1 Å². The van der Waals surface area contributed by atoms with Gasteiger partial charge in [0.2, 0.25) is 10.0 Å². The predicted molar refractivity (Wildman–Crippen MR) is 74.5 cm³/mol. The van der Waals surface area contributed by atoms with E-state index in [9.17, 15) is 8.42 Å². The Morgan fingerprint density at radius 2 is 2.05 bits per heavy atom. The van der Waals surface area contributed by atoms with E-state index in [2.05, 4.69) is 0 Å². The number of nitrogens with zero attached hydrogens (tertiary/aromatic N) is 1. The molecule has 1 aromatic rings. The summed E-state index contributed by atoms with van der Waals surface area (Å²) in [5.74, 6) is 0. The molecule has 106 valence electrons. The second-order valence-electron chi connectivity index (χ2n) is 5.00. The van der Waals surface area contributed by atoms with Gasteiger partial charge in [-0.05, 0) is 44.0 Å². The summed E-state index contributed by atoms with van der Waals surface area (Å²) >= 11 is 0. The van der Waals surface area contributed by atoms with Gasteiger partial charge in [0.1, 0.15) is 0 Å². The monoisotopic (exact) mass is 284 g/mol. The van der Waals surface area contributed by atoms with Crippen LogP contribution in [-0.2, 0) is 14.8 Å². The van der Waals surface area contributed by atoms with Crippen LogP contribution in [-0.4, -0.2) is 38.5 Å². The zero-order chi connectivity index (χ0) is 14.2. The van der Waals surface area contributed by atoms with E-state index in [1.807, 2.05) is 20.8 Å². The van der Waals surface area contributed by atoms with Crippen molar-refractivity contribution in [1.29, 1.82) is 0 Å². The Labute approximate surface area is 114 Å². The minimum absolute atomic E-state index is 0.0765. The fraction of sp³-hybridized carbons (Fsp3) is 0.538. The number of nitrogen functional groups attached to an aromatic ring is 1. The van der Waals surface area contributed by atoms with Gasteiger partial charge in [-0.25, -0.2) is 8.42 Å². The summed E-state index contributed by atoms with van der Waals surface area (Å²) in [6, 6.07) is 3.22. The maximum atomic E-state index is 12.6. The van der Waals surface area contributed by atoms with Gasteiger partial charge in [-0.2, -0.15) is 4.31 Å². The quantitative estimate of drug-likeness (QED) is 0.831. The Hall–Kier alpha value is -1.11. The van der Waals surface area contributed by atoms with Crippen molar-refractivity contribution in [2.24, 2.45) is 0 Å². The molecule has 2 rings (SSSR count). The lowest BCUT2D eigenvalue weighted by molar-refractivity contribution is 0.0102. The van der Waals surface area contributed by atoms with E-state index in [1.54, 1.807) is 6.07 Å². The Bertz CT molecular complexity index is 561. The molecule has 0 saturated carbocycles. The fourth-order valence-corrected chi connectivity index (χ4v) is 3.78. The Kier molecular flexibility index (Phi) is 3.85. The lowest BCUT2D eigenvalue weighted by Crippen LogP contribution is -2.44. The highest BCUT2D eigenvalue weighted by Crippen LogP contribution is 2.25. The maximum Gasteiger partial charge on any atom is 0.243 e. The first-order chi connectivity index (χ1) is 8.82. The molecule has 0 amide bonds. The van der Waals surface area contributed by atoms with Crippen LogP contribution in [0.15, 0.2) is 17.0 Å². The van der Waals surface area contributed by atoms with Gasteiger partial charge in [0.15, 0.2) is 0 Å². The summed E-state index contributed by atoms with van der Waals surface area (Å²) in [6.07, 6.45) is -0.0765. The molecule has 19 heavy (non-hydrogen) atoms. The highest BCUT2D eigenvalue weighted by molar-refractivity contribution is 7.89. The van der Waals surface area contributed by atoms with Crippen molar-refractivity contribution in [2.45, 2.75) is 31.8 Å². The maximum absolute atomic E-state index is 12.6. The molecule has 0 radical (unpaired) electrons. The Balaban J connectivity index is 2.39. The van der Waals surface area contributed by atoms with Gasteiger partial charge < -0.3 is 10.5 Å². The molecular weight excluding hydrogens is 264 g/mol. The average Bonchev–Trinajstić information content (AvgIpc) is 2.35. The van der Waals surface area contributed by atoms with E-state index in [0.29, 0.717) is 25.4 Å². The van der Waals surface area contributed by atoms with Crippen molar-refractivity contribution in [3.05, 3.63) is 23.3 Å². The molecule has 6 heteroatoms. The van der Waals surface area contributed by atoms with Crippen LogP contribution in [0, 0.1) is 13.8 Å². The van der Waals surface area contributed by atoms with Crippen molar-refractivity contribution >= 4 is 15.7 Å². The van der Waals surface area contributed by atoms with Gasteiger partial charge in [-0.15, -0.1) is 0 Å². The van der Waals surface area contributed by atoms with Crippen LogP contribution in [0.4, 0.5) is 5.69 Å². The third-order valence-electron chi connectivity index (χ3n) is 3.52. The van der Waals surface area contributed by atoms with E-state index in [1.165, 1.54) is 10.4 Å². The van der Waals surface area contributed by atoms with Crippen molar-refractivity contribution in [3.63, 3.8) is 0 Å². The second kappa shape index (κ2) is 5.11. The molecule has 0 bridgehead atoms. The normalized spacial score (nSPS) is 21.5. The molecule has 1 aliphatic rings. The third-order valence-corrected chi connectivity index (χ3v) is 5.37. The molecule has 0 spiro atoms. The zero-order valence-electron chi connectivity index (χ0n) is 11.5. The van der Waals surface area contributed by atoms with Gasteiger partial charge in [-0.3, -0.25) is 0 Å². The fourth-order valence-electron chi connectivity index (χ4n) is 2.16. The molecule has 1 aliphatic heterocycles. The smallest absolute Gasteiger partial charge is 0.243 e. The summed E-state index contributed by atoms with van der Waals surface area (Å²) in [5.41, 5.74) is 8.20. The summed E-state index contributed by atoms with van der Waals surface area (Å²) < 4.78 is 32.0. The number of sulfonamides is 1. The molecule has 0 aromatic heterocycles. The summed E-state index contributed by atoms with van der Waals surface area (Å²) in [4.78, 5) is 0.266. The average molecular weight is 284 g/mol. The summed E-state index contributed by atoms with van der Waals surface area (Å²) in [6.45, 7) is 6.83. The van der Waals surface area contributed by atoms with Crippen molar-refractivity contribution in [1.82, 2.24) is 4.31 Å². The summed E-state index contributed by atoms with van der Waals surface area (Å²) in [5, 5.41) is 0. The first-order valence-corrected chi connectivity index (χ1v) is 7.75. The topological polar surface area (TPSA) is 72.6 Å². The molecule has 0 aliphatic carbocycles. The molecule has 1 unspecified atom stereocenters. The molecular formula is C13H20N2O3S. The Morgan fingerprint density at radius 1 is 1.37 bits per heavy atom. The first-order valence-electron chi connectivity index (χ1n) is 6.31. The molecule has 2 N–H and O–H groups in total. The lowest BCUT2D eigenvalue weighted by Gasteiger charge is -2.30. The highest BCUT2D eigenvalue weighted by atomic mass is 32.2. The number of aryl methyl sites for hydroxylation is 1. The molecule has 1 atom stereocenters. The number of morpholine rings is 1. The highest BCUT2D eigenvalue weighted by Gasteiger charge is 2.29. The Morgan fingerprint density at radius 3 is 2.63 bits per heavy atom. The van der Waals surface area contributed by atoms with Crippen molar-refractivity contribution in [2.75, 3.05) is 25.4 Å². The lowest BCUT2D eigenvalue weighted by atomic mass is 10.1. The molecule has 1 aromatic carbocycles. The minimum atomic E-state index is -3.48. The number of anilines is 1. The number of hydrogen-bond donors (Lipinski definition) is 1. The van der Waals surface area contributed by atoms with E-state index in [-0.39, 0.29) is 11.0 Å². The van der Waals surface area contributed by atoms with Crippen LogP contribution in [0.25, 0.3) is 0 Å². The van der Waals surface area contributed by atoms with Gasteiger partial charge in [-0.1, -0.05) is 0 Å². The molecule has 5 nitrogen and oxygen atoms in total. The van der Waals surface area contributed by atoms with Crippen molar-refractivity contribution in [3.8, 4) is 0 Å². The van der Waals surface area contributed by atoms with Gasteiger partial charge in [0, 0.05) is 18.8 Å². The van der Waals surface area contributed by atoms with Crippen LogP contribution < -0.4 is 5.73 Å². The van der Waals surface area contributed by atoms with Gasteiger partial charge in [0.05, 0.1) is 17.6 Å². The van der Waals surface area contributed by atoms with E-state index in [4.69, 9.17) is 10.5 Å². The third kappa shape index (κ3) is 2.75. The van der Waals surface area contributed by atoms with Crippen LogP contribution in [0.5, 0.6) is 0 Å². The van der Waals surface area contributed by atoms with Gasteiger partial charge in [0.25, 0.3) is 0 Å².